The van der Waals surface area contributed by atoms with E-state index in [0.29, 0.717) is 34.3 Å². The first-order valence-electron chi connectivity index (χ1n) is 8.71. The molecule has 3 aromatic rings. The van der Waals surface area contributed by atoms with Gasteiger partial charge in [-0.1, -0.05) is 29.8 Å². The van der Waals surface area contributed by atoms with E-state index in [1.807, 2.05) is 31.2 Å². The van der Waals surface area contributed by atoms with E-state index in [9.17, 15) is 9.90 Å². The number of benzene rings is 2. The Kier molecular flexibility index (Phi) is 5.80. The van der Waals surface area contributed by atoms with Gasteiger partial charge in [0, 0.05) is 22.7 Å². The summed E-state index contributed by atoms with van der Waals surface area (Å²) in [7, 11) is 0. The number of phenols is 1. The second kappa shape index (κ2) is 8.27. The molecule has 0 spiro atoms. The van der Waals surface area contributed by atoms with Gasteiger partial charge in [-0.3, -0.25) is 4.79 Å². The predicted octanol–water partition coefficient (Wildman–Crippen LogP) is 4.41. The average Bonchev–Trinajstić information content (AvgIpc) is 2.62. The summed E-state index contributed by atoms with van der Waals surface area (Å²) in [5, 5.41) is 23.0. The van der Waals surface area contributed by atoms with Gasteiger partial charge in [-0.15, -0.1) is 0 Å². The van der Waals surface area contributed by atoms with Gasteiger partial charge in [0.25, 0.3) is 0 Å². The third-order valence-corrected chi connectivity index (χ3v) is 4.54. The highest BCUT2D eigenvalue weighted by molar-refractivity contribution is 6.30. The van der Waals surface area contributed by atoms with Gasteiger partial charge in [0.1, 0.15) is 17.4 Å². The van der Waals surface area contributed by atoms with Gasteiger partial charge in [0.15, 0.2) is 0 Å². The normalized spacial score (nSPS) is 10.7. The number of aromatic nitrogens is 2. The maximum absolute atomic E-state index is 11.0. The number of nitrogens with one attached hydrogen (secondary N) is 1. The van der Waals surface area contributed by atoms with Crippen LogP contribution < -0.4 is 5.32 Å². The molecule has 144 valence electrons. The van der Waals surface area contributed by atoms with Crippen LogP contribution in [0, 0.1) is 13.8 Å². The lowest BCUT2D eigenvalue weighted by molar-refractivity contribution is -0.136. The molecule has 0 fully saturated rings. The first-order chi connectivity index (χ1) is 13.3. The average molecular weight is 398 g/mol. The van der Waals surface area contributed by atoms with E-state index < -0.39 is 5.97 Å². The molecule has 1 aromatic heterocycles. The van der Waals surface area contributed by atoms with Gasteiger partial charge in [0.2, 0.25) is 0 Å². The molecule has 2 aromatic carbocycles. The van der Waals surface area contributed by atoms with Crippen molar-refractivity contribution in [3.05, 3.63) is 75.7 Å². The van der Waals surface area contributed by atoms with Gasteiger partial charge in [-0.05, 0) is 49.2 Å². The molecule has 0 atom stereocenters. The van der Waals surface area contributed by atoms with Crippen LogP contribution in [0.2, 0.25) is 5.02 Å². The van der Waals surface area contributed by atoms with E-state index >= 15 is 0 Å². The van der Waals surface area contributed by atoms with Crippen LogP contribution >= 0.6 is 11.6 Å². The van der Waals surface area contributed by atoms with Crippen LogP contribution in [-0.2, 0) is 17.6 Å². The van der Waals surface area contributed by atoms with Crippen molar-refractivity contribution in [2.45, 2.75) is 26.7 Å². The molecule has 28 heavy (non-hydrogen) atoms. The third kappa shape index (κ3) is 4.78. The monoisotopic (exact) mass is 397 g/mol. The molecular formula is C21H20ClN3O3. The number of hydrogen-bond donors (Lipinski definition) is 3. The lowest BCUT2D eigenvalue weighted by Crippen LogP contribution is -2.07. The lowest BCUT2D eigenvalue weighted by Gasteiger charge is -2.16. The van der Waals surface area contributed by atoms with Crippen LogP contribution in [0.4, 0.5) is 11.5 Å². The summed E-state index contributed by atoms with van der Waals surface area (Å²) < 4.78 is 0. The maximum atomic E-state index is 11.0. The van der Waals surface area contributed by atoms with E-state index in [0.717, 1.165) is 16.8 Å². The lowest BCUT2D eigenvalue weighted by atomic mass is 10.0. The highest BCUT2D eigenvalue weighted by atomic mass is 35.5. The first kappa shape index (κ1) is 19.6. The fourth-order valence-electron chi connectivity index (χ4n) is 2.95. The number of halogens is 1. The first-order valence-corrected chi connectivity index (χ1v) is 9.09. The van der Waals surface area contributed by atoms with Crippen molar-refractivity contribution in [1.29, 1.82) is 0 Å². The number of carbonyl (C=O) groups is 1. The zero-order valence-corrected chi connectivity index (χ0v) is 16.3. The molecule has 0 aliphatic carbocycles. The van der Waals surface area contributed by atoms with E-state index in [2.05, 4.69) is 15.3 Å². The van der Waals surface area contributed by atoms with E-state index in [-0.39, 0.29) is 12.2 Å². The van der Waals surface area contributed by atoms with E-state index in [1.165, 1.54) is 6.07 Å². The number of nitrogens with zero attached hydrogens (tertiary/aromatic N) is 2. The maximum Gasteiger partial charge on any atom is 0.307 e. The molecule has 0 saturated carbocycles. The standard InChI is InChI=1S/C21H20ClN3O3/c1-12-17(9-14-3-6-16(22)7-4-14)21(24-13(2)23-12)25-18-10-15(11-20(27)28)5-8-19(18)26/h3-8,10,26H,9,11H2,1-2H3,(H,27,28)(H,23,24,25). The molecule has 0 bridgehead atoms. The van der Waals surface area contributed by atoms with Crippen LogP contribution in [0.1, 0.15) is 28.2 Å². The van der Waals surface area contributed by atoms with Crippen LogP contribution in [0.3, 0.4) is 0 Å². The van der Waals surface area contributed by atoms with Gasteiger partial charge < -0.3 is 15.5 Å². The number of hydrogen-bond acceptors (Lipinski definition) is 5. The molecular weight excluding hydrogens is 378 g/mol. The molecule has 1 heterocycles. The number of rotatable bonds is 6. The Morgan fingerprint density at radius 1 is 1.07 bits per heavy atom. The number of phenolic OH excluding ortho intramolecular Hbond substituents is 1. The highest BCUT2D eigenvalue weighted by Crippen LogP contribution is 2.30. The summed E-state index contributed by atoms with van der Waals surface area (Å²) in [5.41, 5.74) is 3.73. The molecule has 0 radical (unpaired) electrons. The van der Waals surface area contributed by atoms with Crippen molar-refractivity contribution in [3.8, 4) is 5.75 Å². The Hall–Kier alpha value is -3.12. The second-order valence-electron chi connectivity index (χ2n) is 6.53. The Morgan fingerprint density at radius 2 is 1.75 bits per heavy atom. The topological polar surface area (TPSA) is 95.3 Å². The largest absolute Gasteiger partial charge is 0.506 e. The molecule has 0 unspecified atom stereocenters. The van der Waals surface area contributed by atoms with Gasteiger partial charge in [0.05, 0.1) is 12.1 Å². The van der Waals surface area contributed by atoms with Crippen molar-refractivity contribution in [2.24, 2.45) is 0 Å². The molecule has 7 heteroatoms. The van der Waals surface area contributed by atoms with Crippen molar-refractivity contribution in [1.82, 2.24) is 9.97 Å². The summed E-state index contributed by atoms with van der Waals surface area (Å²) >= 11 is 5.97. The van der Waals surface area contributed by atoms with Crippen LogP contribution in [0.5, 0.6) is 5.75 Å². The molecule has 0 saturated heterocycles. The van der Waals surface area contributed by atoms with E-state index in [1.54, 1.807) is 19.1 Å². The minimum atomic E-state index is -0.936. The number of aryl methyl sites for hydroxylation is 2. The molecule has 3 rings (SSSR count). The van der Waals surface area contributed by atoms with Gasteiger partial charge >= 0.3 is 5.97 Å². The van der Waals surface area contributed by atoms with Crippen molar-refractivity contribution in [2.75, 3.05) is 5.32 Å². The number of carboxylic acids is 1. The Morgan fingerprint density at radius 3 is 2.43 bits per heavy atom. The van der Waals surface area contributed by atoms with Gasteiger partial charge in [-0.2, -0.15) is 0 Å². The zero-order valence-electron chi connectivity index (χ0n) is 15.5. The van der Waals surface area contributed by atoms with E-state index in [4.69, 9.17) is 16.7 Å². The number of aromatic hydroxyl groups is 1. The summed E-state index contributed by atoms with van der Waals surface area (Å²) in [6.07, 6.45) is 0.454. The smallest absolute Gasteiger partial charge is 0.307 e. The minimum absolute atomic E-state index is 0.0144. The van der Waals surface area contributed by atoms with Crippen LogP contribution in [0.25, 0.3) is 0 Å². The van der Waals surface area contributed by atoms with Gasteiger partial charge in [-0.25, -0.2) is 9.97 Å². The number of aliphatic carboxylic acids is 1. The van der Waals surface area contributed by atoms with Crippen molar-refractivity contribution >= 4 is 29.1 Å². The minimum Gasteiger partial charge on any atom is -0.506 e. The summed E-state index contributed by atoms with van der Waals surface area (Å²) in [5.74, 6) is 0.248. The molecule has 6 nitrogen and oxygen atoms in total. The zero-order chi connectivity index (χ0) is 20.3. The molecule has 0 amide bonds. The molecule has 0 aliphatic rings. The third-order valence-electron chi connectivity index (χ3n) is 4.29. The highest BCUT2D eigenvalue weighted by Gasteiger charge is 2.14. The summed E-state index contributed by atoms with van der Waals surface area (Å²) in [6, 6.07) is 12.2. The molecule has 3 N–H and O–H groups in total. The Bertz CT molecular complexity index is 1020. The number of carboxylic acid groups (broad SMARTS) is 1. The Balaban J connectivity index is 1.97. The fourth-order valence-corrected chi connectivity index (χ4v) is 3.08. The van der Waals surface area contributed by atoms with Crippen LogP contribution in [-0.4, -0.2) is 26.2 Å². The van der Waals surface area contributed by atoms with Crippen molar-refractivity contribution < 1.29 is 15.0 Å². The molecule has 0 aliphatic heterocycles. The van der Waals surface area contributed by atoms with Crippen LogP contribution in [0.15, 0.2) is 42.5 Å². The predicted molar refractivity (Wildman–Crippen MR) is 108 cm³/mol. The summed E-state index contributed by atoms with van der Waals surface area (Å²) in [6.45, 7) is 3.71. The SMILES string of the molecule is Cc1nc(C)c(Cc2ccc(Cl)cc2)c(Nc2cc(CC(=O)O)ccc2O)n1. The second-order valence-corrected chi connectivity index (χ2v) is 6.97. The quantitative estimate of drug-likeness (QED) is 0.533. The van der Waals surface area contributed by atoms with Crippen molar-refractivity contribution in [3.63, 3.8) is 0 Å². The fraction of sp³-hybridized carbons (Fsp3) is 0.190. The summed E-state index contributed by atoms with van der Waals surface area (Å²) in [4.78, 5) is 19.9. The Labute approximate surface area is 167 Å². The number of anilines is 2.